The molecule has 6 heteroatoms. The molecule has 1 aliphatic rings. The Morgan fingerprint density at radius 3 is 2.70 bits per heavy atom. The first-order valence-corrected chi connectivity index (χ1v) is 7.98. The molecular formula is C17H23N5O. The van der Waals surface area contributed by atoms with Crippen molar-refractivity contribution < 1.29 is 4.74 Å². The SMILES string of the molecule is Cc1cc(C)nc(NCc2ccc(N3CCO[C@@H](C)C3)nc2)n1. The van der Waals surface area contributed by atoms with Crippen LogP contribution in [0.4, 0.5) is 11.8 Å². The maximum atomic E-state index is 5.57. The van der Waals surface area contributed by atoms with Crippen molar-refractivity contribution in [1.29, 1.82) is 0 Å². The predicted octanol–water partition coefficient (Wildman–Crippen LogP) is 2.33. The molecule has 0 aliphatic carbocycles. The summed E-state index contributed by atoms with van der Waals surface area (Å²) in [5.74, 6) is 1.67. The minimum Gasteiger partial charge on any atom is -0.375 e. The molecule has 0 spiro atoms. The monoisotopic (exact) mass is 313 g/mol. The largest absolute Gasteiger partial charge is 0.375 e. The van der Waals surface area contributed by atoms with Gasteiger partial charge < -0.3 is 15.0 Å². The Labute approximate surface area is 136 Å². The standard InChI is InChI=1S/C17H23N5O/c1-12-8-13(2)21-17(20-12)19-10-15-4-5-16(18-9-15)22-6-7-23-14(3)11-22/h4-5,8-9,14H,6-7,10-11H2,1-3H3,(H,19,20,21)/t14-/m0/s1. The lowest BCUT2D eigenvalue weighted by Gasteiger charge is -2.32. The molecule has 1 N–H and O–H groups in total. The van der Waals surface area contributed by atoms with E-state index >= 15 is 0 Å². The molecule has 0 saturated carbocycles. The number of nitrogens with one attached hydrogen (secondary N) is 1. The van der Waals surface area contributed by atoms with Crippen LogP contribution in [0.5, 0.6) is 0 Å². The van der Waals surface area contributed by atoms with Gasteiger partial charge in [-0.1, -0.05) is 6.07 Å². The summed E-state index contributed by atoms with van der Waals surface area (Å²) in [4.78, 5) is 15.6. The van der Waals surface area contributed by atoms with E-state index in [0.29, 0.717) is 12.5 Å². The van der Waals surface area contributed by atoms with E-state index in [-0.39, 0.29) is 6.10 Å². The number of hydrogen-bond donors (Lipinski definition) is 1. The fourth-order valence-electron chi connectivity index (χ4n) is 2.72. The van der Waals surface area contributed by atoms with Gasteiger partial charge in [0.15, 0.2) is 0 Å². The average Bonchev–Trinajstić information content (AvgIpc) is 2.52. The van der Waals surface area contributed by atoms with E-state index in [0.717, 1.165) is 42.5 Å². The van der Waals surface area contributed by atoms with Crippen LogP contribution in [0.1, 0.15) is 23.9 Å². The molecule has 3 heterocycles. The highest BCUT2D eigenvalue weighted by Gasteiger charge is 2.17. The number of hydrogen-bond acceptors (Lipinski definition) is 6. The lowest BCUT2D eigenvalue weighted by Crippen LogP contribution is -2.41. The van der Waals surface area contributed by atoms with E-state index in [1.165, 1.54) is 0 Å². The summed E-state index contributed by atoms with van der Waals surface area (Å²) in [5, 5.41) is 3.25. The summed E-state index contributed by atoms with van der Waals surface area (Å²) < 4.78 is 5.57. The maximum Gasteiger partial charge on any atom is 0.223 e. The molecule has 0 unspecified atom stereocenters. The van der Waals surface area contributed by atoms with Crippen LogP contribution in [-0.4, -0.2) is 40.8 Å². The van der Waals surface area contributed by atoms with E-state index in [9.17, 15) is 0 Å². The second kappa shape index (κ2) is 6.91. The fraction of sp³-hybridized carbons (Fsp3) is 0.471. The van der Waals surface area contributed by atoms with Crippen LogP contribution >= 0.6 is 0 Å². The first-order chi connectivity index (χ1) is 11.1. The molecule has 1 atom stereocenters. The smallest absolute Gasteiger partial charge is 0.223 e. The summed E-state index contributed by atoms with van der Waals surface area (Å²) in [7, 11) is 0. The Bertz CT molecular complexity index is 638. The number of rotatable bonds is 4. The fourth-order valence-corrected chi connectivity index (χ4v) is 2.72. The number of pyridine rings is 1. The van der Waals surface area contributed by atoms with Gasteiger partial charge in [0, 0.05) is 37.2 Å². The van der Waals surface area contributed by atoms with Crippen LogP contribution in [0, 0.1) is 13.8 Å². The van der Waals surface area contributed by atoms with Gasteiger partial charge in [0.1, 0.15) is 5.82 Å². The van der Waals surface area contributed by atoms with Crippen molar-refractivity contribution in [2.75, 3.05) is 29.9 Å². The number of aromatic nitrogens is 3. The van der Waals surface area contributed by atoms with Gasteiger partial charge >= 0.3 is 0 Å². The van der Waals surface area contributed by atoms with Gasteiger partial charge in [-0.05, 0) is 38.5 Å². The second-order valence-corrected chi connectivity index (χ2v) is 5.98. The second-order valence-electron chi connectivity index (χ2n) is 5.98. The molecule has 1 aliphatic heterocycles. The molecular weight excluding hydrogens is 290 g/mol. The first-order valence-electron chi connectivity index (χ1n) is 7.98. The van der Waals surface area contributed by atoms with Gasteiger partial charge in [-0.25, -0.2) is 15.0 Å². The summed E-state index contributed by atoms with van der Waals surface area (Å²) in [6, 6.07) is 6.13. The van der Waals surface area contributed by atoms with Crippen LogP contribution in [0.3, 0.4) is 0 Å². The molecule has 23 heavy (non-hydrogen) atoms. The molecule has 0 aromatic carbocycles. The van der Waals surface area contributed by atoms with Crippen molar-refractivity contribution in [2.45, 2.75) is 33.4 Å². The van der Waals surface area contributed by atoms with Crippen LogP contribution in [-0.2, 0) is 11.3 Å². The van der Waals surface area contributed by atoms with Crippen molar-refractivity contribution in [3.05, 3.63) is 41.3 Å². The average molecular weight is 313 g/mol. The van der Waals surface area contributed by atoms with Gasteiger partial charge in [0.2, 0.25) is 5.95 Å². The summed E-state index contributed by atoms with van der Waals surface area (Å²) >= 11 is 0. The minimum absolute atomic E-state index is 0.258. The van der Waals surface area contributed by atoms with Gasteiger partial charge in [0.25, 0.3) is 0 Å². The van der Waals surface area contributed by atoms with E-state index in [1.54, 1.807) is 0 Å². The highest BCUT2D eigenvalue weighted by Crippen LogP contribution is 2.16. The Kier molecular flexibility index (Phi) is 4.71. The van der Waals surface area contributed by atoms with Crippen LogP contribution in [0.2, 0.25) is 0 Å². The molecule has 3 rings (SSSR count). The lowest BCUT2D eigenvalue weighted by atomic mass is 10.2. The van der Waals surface area contributed by atoms with Crippen molar-refractivity contribution in [1.82, 2.24) is 15.0 Å². The van der Waals surface area contributed by atoms with E-state index in [1.807, 2.05) is 26.1 Å². The highest BCUT2D eigenvalue weighted by atomic mass is 16.5. The number of anilines is 2. The Morgan fingerprint density at radius 2 is 2.04 bits per heavy atom. The lowest BCUT2D eigenvalue weighted by molar-refractivity contribution is 0.0529. The quantitative estimate of drug-likeness (QED) is 0.934. The van der Waals surface area contributed by atoms with Crippen LogP contribution in [0.25, 0.3) is 0 Å². The normalized spacial score (nSPS) is 18.0. The van der Waals surface area contributed by atoms with E-state index in [4.69, 9.17) is 4.74 Å². The zero-order valence-electron chi connectivity index (χ0n) is 13.9. The molecule has 0 amide bonds. The molecule has 0 bridgehead atoms. The van der Waals surface area contributed by atoms with Gasteiger partial charge in [0.05, 0.1) is 12.7 Å². The van der Waals surface area contributed by atoms with Gasteiger partial charge in [-0.3, -0.25) is 0 Å². The number of ether oxygens (including phenoxy) is 1. The van der Waals surface area contributed by atoms with Crippen LogP contribution < -0.4 is 10.2 Å². The Balaban J connectivity index is 1.61. The van der Waals surface area contributed by atoms with Gasteiger partial charge in [-0.2, -0.15) is 0 Å². The molecule has 2 aromatic rings. The third kappa shape index (κ3) is 4.16. The third-order valence-corrected chi connectivity index (χ3v) is 3.81. The number of nitrogens with zero attached hydrogens (tertiary/aromatic N) is 4. The molecule has 1 fully saturated rings. The van der Waals surface area contributed by atoms with E-state index in [2.05, 4.69) is 44.2 Å². The van der Waals surface area contributed by atoms with Crippen molar-refractivity contribution >= 4 is 11.8 Å². The predicted molar refractivity (Wildman–Crippen MR) is 90.7 cm³/mol. The highest BCUT2D eigenvalue weighted by molar-refractivity contribution is 5.40. The first kappa shape index (κ1) is 15.7. The Hall–Kier alpha value is -2.21. The topological polar surface area (TPSA) is 63.2 Å². The minimum atomic E-state index is 0.258. The summed E-state index contributed by atoms with van der Waals surface area (Å²) in [6.45, 7) is 9.24. The van der Waals surface area contributed by atoms with Crippen molar-refractivity contribution in [3.8, 4) is 0 Å². The molecule has 2 aromatic heterocycles. The molecule has 0 radical (unpaired) electrons. The zero-order chi connectivity index (χ0) is 16.2. The summed E-state index contributed by atoms with van der Waals surface area (Å²) in [5.41, 5.74) is 3.04. The maximum absolute atomic E-state index is 5.57. The zero-order valence-corrected chi connectivity index (χ0v) is 13.9. The van der Waals surface area contributed by atoms with E-state index < -0.39 is 0 Å². The van der Waals surface area contributed by atoms with Crippen molar-refractivity contribution in [3.63, 3.8) is 0 Å². The Morgan fingerprint density at radius 1 is 1.26 bits per heavy atom. The van der Waals surface area contributed by atoms with Gasteiger partial charge in [-0.15, -0.1) is 0 Å². The number of morpholine rings is 1. The molecule has 1 saturated heterocycles. The van der Waals surface area contributed by atoms with Crippen molar-refractivity contribution in [2.24, 2.45) is 0 Å². The molecule has 6 nitrogen and oxygen atoms in total. The third-order valence-electron chi connectivity index (χ3n) is 3.81. The van der Waals surface area contributed by atoms with Crippen LogP contribution in [0.15, 0.2) is 24.4 Å². The number of aryl methyl sites for hydroxylation is 2. The summed E-state index contributed by atoms with van der Waals surface area (Å²) in [6.07, 6.45) is 2.17. The molecule has 122 valence electrons.